The van der Waals surface area contributed by atoms with E-state index in [0.29, 0.717) is 15.7 Å². The van der Waals surface area contributed by atoms with Crippen molar-refractivity contribution in [3.8, 4) is 0 Å². The van der Waals surface area contributed by atoms with Crippen molar-refractivity contribution in [1.29, 1.82) is 0 Å². The largest absolute Gasteiger partial charge is 0.321 e. The van der Waals surface area contributed by atoms with Crippen LogP contribution in [0.1, 0.15) is 41.8 Å². The number of carbonyl (C=O) groups excluding carboxylic acids is 2. The van der Waals surface area contributed by atoms with E-state index in [1.165, 1.54) is 29.1 Å². The number of fused-ring (bicyclic) bond motifs is 1. The summed E-state index contributed by atoms with van der Waals surface area (Å²) >= 11 is 2.87. The van der Waals surface area contributed by atoms with Crippen LogP contribution in [0.5, 0.6) is 0 Å². The van der Waals surface area contributed by atoms with E-state index in [9.17, 15) is 9.59 Å². The Morgan fingerprint density at radius 2 is 1.92 bits per heavy atom. The Labute approximate surface area is 159 Å². The second kappa shape index (κ2) is 7.55. The van der Waals surface area contributed by atoms with Crippen LogP contribution in [0, 0.1) is 5.92 Å². The molecule has 1 aliphatic rings. The van der Waals surface area contributed by atoms with Crippen molar-refractivity contribution >= 4 is 55.5 Å². The van der Waals surface area contributed by atoms with E-state index in [1.54, 1.807) is 6.07 Å². The zero-order valence-electron chi connectivity index (χ0n) is 14.2. The summed E-state index contributed by atoms with van der Waals surface area (Å²) in [5, 5.41) is 8.35. The molecule has 2 heterocycles. The lowest BCUT2D eigenvalue weighted by molar-refractivity contribution is -0.120. The average Bonchev–Trinajstić information content (AvgIpc) is 3.31. The smallest absolute Gasteiger partial charge is 0.265 e. The number of rotatable bonds is 4. The Balaban J connectivity index is 1.47. The first-order chi connectivity index (χ1) is 12.7. The first-order valence-electron chi connectivity index (χ1n) is 8.75. The minimum absolute atomic E-state index is 0.0787. The highest BCUT2D eigenvalue weighted by Gasteiger charge is 2.22. The van der Waals surface area contributed by atoms with Crippen LogP contribution in [0.15, 0.2) is 35.7 Å². The van der Waals surface area contributed by atoms with E-state index in [1.807, 2.05) is 29.6 Å². The van der Waals surface area contributed by atoms with Gasteiger partial charge in [-0.25, -0.2) is 4.98 Å². The van der Waals surface area contributed by atoms with E-state index in [0.717, 1.165) is 35.9 Å². The van der Waals surface area contributed by atoms with E-state index < -0.39 is 0 Å². The Morgan fingerprint density at radius 1 is 1.08 bits per heavy atom. The van der Waals surface area contributed by atoms with Crippen LogP contribution in [0.3, 0.4) is 0 Å². The van der Waals surface area contributed by atoms with Gasteiger partial charge in [0.1, 0.15) is 0 Å². The van der Waals surface area contributed by atoms with Gasteiger partial charge in [-0.3, -0.25) is 9.59 Å². The highest BCUT2D eigenvalue weighted by molar-refractivity contribution is 7.22. The molecule has 1 aliphatic carbocycles. The molecule has 26 heavy (non-hydrogen) atoms. The summed E-state index contributed by atoms with van der Waals surface area (Å²) in [6, 6.07) is 9.27. The Kier molecular flexibility index (Phi) is 4.99. The predicted octanol–water partition coefficient (Wildman–Crippen LogP) is 5.13. The van der Waals surface area contributed by atoms with Gasteiger partial charge in [0, 0.05) is 11.6 Å². The lowest BCUT2D eigenvalue weighted by Crippen LogP contribution is -2.24. The fraction of sp³-hybridized carbons (Fsp3) is 0.316. The number of anilines is 2. The van der Waals surface area contributed by atoms with Gasteiger partial charge in [0.05, 0.1) is 15.1 Å². The van der Waals surface area contributed by atoms with Gasteiger partial charge in [-0.2, -0.15) is 0 Å². The molecule has 7 heteroatoms. The van der Waals surface area contributed by atoms with Crippen LogP contribution >= 0.6 is 22.7 Å². The van der Waals surface area contributed by atoms with Crippen molar-refractivity contribution in [3.63, 3.8) is 0 Å². The number of thiazole rings is 1. The molecule has 1 aromatic carbocycles. The van der Waals surface area contributed by atoms with E-state index >= 15 is 0 Å². The molecule has 0 spiro atoms. The number of hydrogen-bond acceptors (Lipinski definition) is 5. The minimum Gasteiger partial charge on any atom is -0.321 e. The van der Waals surface area contributed by atoms with Crippen LogP contribution in [0.25, 0.3) is 10.2 Å². The molecular weight excluding hydrogens is 366 g/mol. The fourth-order valence-electron chi connectivity index (χ4n) is 3.23. The van der Waals surface area contributed by atoms with Crippen molar-refractivity contribution < 1.29 is 9.59 Å². The van der Waals surface area contributed by atoms with E-state index in [4.69, 9.17) is 0 Å². The summed E-state index contributed by atoms with van der Waals surface area (Å²) in [4.78, 5) is 29.7. The van der Waals surface area contributed by atoms with Gasteiger partial charge >= 0.3 is 0 Å². The van der Waals surface area contributed by atoms with E-state index in [-0.39, 0.29) is 17.7 Å². The molecule has 0 saturated heterocycles. The van der Waals surface area contributed by atoms with Crippen LogP contribution in [-0.4, -0.2) is 16.8 Å². The Morgan fingerprint density at radius 3 is 2.69 bits per heavy atom. The fourth-order valence-corrected chi connectivity index (χ4v) is 4.70. The maximum absolute atomic E-state index is 12.4. The lowest BCUT2D eigenvalue weighted by atomic mass is 9.89. The summed E-state index contributed by atoms with van der Waals surface area (Å²) in [5.74, 6) is 0.0618. The third kappa shape index (κ3) is 3.78. The first-order valence-corrected chi connectivity index (χ1v) is 10.4. The SMILES string of the molecule is O=C(Nc1ccc2sc(NC(=O)C3CCCCC3)nc2c1)c1cccs1. The molecule has 0 bridgehead atoms. The van der Waals surface area contributed by atoms with E-state index in [2.05, 4.69) is 15.6 Å². The molecule has 5 nitrogen and oxygen atoms in total. The molecule has 2 amide bonds. The number of amides is 2. The highest BCUT2D eigenvalue weighted by Crippen LogP contribution is 2.30. The van der Waals surface area contributed by atoms with Gasteiger partial charge in [0.25, 0.3) is 5.91 Å². The number of thiophene rings is 1. The standard InChI is InChI=1S/C19H19N3O2S2/c23-17(12-5-2-1-3-6-12)22-19-21-14-11-13(8-9-15(14)26-19)20-18(24)16-7-4-10-25-16/h4,7-12H,1-3,5-6H2,(H,20,24)(H,21,22,23). The molecule has 2 N–H and O–H groups in total. The molecule has 0 atom stereocenters. The van der Waals surface area contributed by atoms with Gasteiger partial charge in [0.15, 0.2) is 5.13 Å². The summed E-state index contributed by atoms with van der Waals surface area (Å²) in [6.45, 7) is 0. The summed E-state index contributed by atoms with van der Waals surface area (Å²) in [6.07, 6.45) is 5.42. The number of nitrogens with one attached hydrogen (secondary N) is 2. The van der Waals surface area contributed by atoms with Crippen LogP contribution in [0.4, 0.5) is 10.8 Å². The van der Waals surface area contributed by atoms with Gasteiger partial charge in [-0.1, -0.05) is 36.7 Å². The first kappa shape index (κ1) is 17.2. The monoisotopic (exact) mass is 385 g/mol. The van der Waals surface area contributed by atoms with Gasteiger partial charge < -0.3 is 10.6 Å². The molecule has 0 aliphatic heterocycles. The number of benzene rings is 1. The van der Waals surface area contributed by atoms with Crippen molar-refractivity contribution in [1.82, 2.24) is 4.98 Å². The maximum Gasteiger partial charge on any atom is 0.265 e. The summed E-state index contributed by atoms with van der Waals surface area (Å²) < 4.78 is 0.984. The van der Waals surface area contributed by atoms with Crippen LogP contribution in [0.2, 0.25) is 0 Å². The van der Waals surface area contributed by atoms with Crippen molar-refractivity contribution in [2.24, 2.45) is 5.92 Å². The Bertz CT molecular complexity index is 928. The number of hydrogen-bond donors (Lipinski definition) is 2. The normalized spacial score (nSPS) is 15.1. The van der Waals surface area contributed by atoms with Crippen molar-refractivity contribution in [2.45, 2.75) is 32.1 Å². The Hall–Kier alpha value is -2.25. The van der Waals surface area contributed by atoms with Crippen molar-refractivity contribution in [2.75, 3.05) is 10.6 Å². The van der Waals surface area contributed by atoms with Crippen LogP contribution < -0.4 is 10.6 Å². The molecule has 2 aromatic heterocycles. The molecular formula is C19H19N3O2S2. The maximum atomic E-state index is 12.4. The molecule has 134 valence electrons. The van der Waals surface area contributed by atoms with Crippen molar-refractivity contribution in [3.05, 3.63) is 40.6 Å². The molecule has 4 rings (SSSR count). The second-order valence-corrected chi connectivity index (χ2v) is 8.44. The molecule has 1 fully saturated rings. The van der Waals surface area contributed by atoms with Gasteiger partial charge in [0.2, 0.25) is 5.91 Å². The lowest BCUT2D eigenvalue weighted by Gasteiger charge is -2.19. The second-order valence-electron chi connectivity index (χ2n) is 6.46. The molecule has 3 aromatic rings. The molecule has 0 unspecified atom stereocenters. The summed E-state index contributed by atoms with van der Waals surface area (Å²) in [5.41, 5.74) is 1.48. The van der Waals surface area contributed by atoms with Crippen LogP contribution in [-0.2, 0) is 4.79 Å². The van der Waals surface area contributed by atoms with Gasteiger partial charge in [-0.15, -0.1) is 11.3 Å². The molecule has 0 radical (unpaired) electrons. The average molecular weight is 386 g/mol. The summed E-state index contributed by atoms with van der Waals surface area (Å²) in [7, 11) is 0. The number of carbonyl (C=O) groups is 2. The predicted molar refractivity (Wildman–Crippen MR) is 107 cm³/mol. The van der Waals surface area contributed by atoms with Gasteiger partial charge in [-0.05, 0) is 42.5 Å². The third-order valence-electron chi connectivity index (χ3n) is 4.60. The topological polar surface area (TPSA) is 71.1 Å². The zero-order chi connectivity index (χ0) is 17.9. The molecule has 1 saturated carbocycles. The minimum atomic E-state index is -0.125. The number of nitrogens with zero attached hydrogens (tertiary/aromatic N) is 1. The quantitative estimate of drug-likeness (QED) is 0.654. The number of aromatic nitrogens is 1. The third-order valence-corrected chi connectivity index (χ3v) is 6.42. The highest BCUT2D eigenvalue weighted by atomic mass is 32.1. The zero-order valence-corrected chi connectivity index (χ0v) is 15.8.